The summed E-state index contributed by atoms with van der Waals surface area (Å²) in [6.07, 6.45) is -4.68. The van der Waals surface area contributed by atoms with E-state index in [0.29, 0.717) is 0 Å². The fourth-order valence-corrected chi connectivity index (χ4v) is 2.63. The average molecular weight is 329 g/mol. The molecule has 0 saturated heterocycles. The standard InChI is InChI=1S/C14H14F3N3O3/c1-8-11(20(22)23)12(19(3)13(21)18(8)2)9-6-4-5-7-10(9)14(15,16)17/h4-7,12H,1-3H3/t12-/m1/s1. The summed E-state index contributed by atoms with van der Waals surface area (Å²) in [6, 6.07) is 2.53. The summed E-state index contributed by atoms with van der Waals surface area (Å²) in [5.74, 6) is 0. The van der Waals surface area contributed by atoms with E-state index in [1.54, 1.807) is 0 Å². The lowest BCUT2D eigenvalue weighted by Gasteiger charge is -2.36. The van der Waals surface area contributed by atoms with E-state index >= 15 is 0 Å². The number of nitrogens with zero attached hydrogens (tertiary/aromatic N) is 3. The smallest absolute Gasteiger partial charge is 0.310 e. The summed E-state index contributed by atoms with van der Waals surface area (Å²) in [6.45, 7) is 1.34. The van der Waals surface area contributed by atoms with Gasteiger partial charge >= 0.3 is 12.2 Å². The molecule has 1 aromatic carbocycles. The molecule has 0 unspecified atom stereocenters. The number of urea groups is 1. The van der Waals surface area contributed by atoms with Gasteiger partial charge in [-0.2, -0.15) is 13.2 Å². The number of carbonyl (C=O) groups excluding carboxylic acids is 1. The van der Waals surface area contributed by atoms with Gasteiger partial charge in [0, 0.05) is 14.1 Å². The quantitative estimate of drug-likeness (QED) is 0.618. The molecule has 1 aromatic rings. The molecule has 1 aliphatic rings. The van der Waals surface area contributed by atoms with Crippen molar-refractivity contribution in [1.82, 2.24) is 9.80 Å². The second-order valence-corrected chi connectivity index (χ2v) is 5.17. The number of hydrogen-bond acceptors (Lipinski definition) is 3. The molecule has 0 aliphatic carbocycles. The monoisotopic (exact) mass is 329 g/mol. The Balaban J connectivity index is 2.75. The van der Waals surface area contributed by atoms with E-state index in [1.807, 2.05) is 0 Å². The number of rotatable bonds is 2. The molecule has 1 heterocycles. The Bertz CT molecular complexity index is 700. The molecule has 1 aliphatic heterocycles. The van der Waals surface area contributed by atoms with Gasteiger partial charge in [-0.15, -0.1) is 0 Å². The SMILES string of the molecule is CC1=C([N+](=O)[O-])[C@@H](c2ccccc2C(F)(F)F)N(C)C(=O)N1C. The van der Waals surface area contributed by atoms with Gasteiger partial charge in [0.05, 0.1) is 16.2 Å². The lowest BCUT2D eigenvalue weighted by molar-refractivity contribution is -0.436. The van der Waals surface area contributed by atoms with Crippen molar-refractivity contribution in [3.63, 3.8) is 0 Å². The summed E-state index contributed by atoms with van der Waals surface area (Å²) in [5.41, 5.74) is -1.76. The highest BCUT2D eigenvalue weighted by molar-refractivity contribution is 5.78. The van der Waals surface area contributed by atoms with Gasteiger partial charge in [-0.25, -0.2) is 4.79 Å². The maximum absolute atomic E-state index is 13.2. The Hall–Kier alpha value is -2.58. The van der Waals surface area contributed by atoms with Gasteiger partial charge < -0.3 is 4.90 Å². The lowest BCUT2D eigenvalue weighted by Crippen LogP contribution is -2.47. The number of amides is 2. The van der Waals surface area contributed by atoms with Crippen LogP contribution < -0.4 is 0 Å². The molecule has 0 N–H and O–H groups in total. The van der Waals surface area contributed by atoms with E-state index in [2.05, 4.69) is 0 Å². The molecular formula is C14H14F3N3O3. The zero-order chi connectivity index (χ0) is 17.5. The molecule has 0 aromatic heterocycles. The molecule has 0 bridgehead atoms. The van der Waals surface area contributed by atoms with Gasteiger partial charge in [0.25, 0.3) is 5.70 Å². The highest BCUT2D eigenvalue weighted by atomic mass is 19.4. The number of likely N-dealkylation sites (N-methyl/N-ethyl adjacent to an activating group) is 1. The van der Waals surface area contributed by atoms with Gasteiger partial charge in [0.15, 0.2) is 6.04 Å². The normalized spacial score (nSPS) is 19.4. The number of halogens is 3. The molecular weight excluding hydrogens is 315 g/mol. The van der Waals surface area contributed by atoms with Crippen LogP contribution in [0.5, 0.6) is 0 Å². The van der Waals surface area contributed by atoms with Crippen molar-refractivity contribution < 1.29 is 22.9 Å². The maximum atomic E-state index is 13.2. The molecule has 23 heavy (non-hydrogen) atoms. The molecule has 0 spiro atoms. The van der Waals surface area contributed by atoms with Crippen LogP contribution in [0.1, 0.15) is 24.1 Å². The summed E-state index contributed by atoms with van der Waals surface area (Å²) < 4.78 is 39.7. The minimum Gasteiger partial charge on any atom is -0.310 e. The third-order valence-corrected chi connectivity index (χ3v) is 3.87. The van der Waals surface area contributed by atoms with Crippen LogP contribution in [0.2, 0.25) is 0 Å². The Morgan fingerprint density at radius 1 is 1.22 bits per heavy atom. The van der Waals surface area contributed by atoms with Crippen LogP contribution in [0, 0.1) is 10.1 Å². The first-order valence-corrected chi connectivity index (χ1v) is 6.59. The van der Waals surface area contributed by atoms with Gasteiger partial charge in [-0.05, 0) is 18.6 Å². The van der Waals surface area contributed by atoms with Crippen LogP contribution in [0.15, 0.2) is 35.7 Å². The summed E-state index contributed by atoms with van der Waals surface area (Å²) >= 11 is 0. The van der Waals surface area contributed by atoms with E-state index < -0.39 is 34.4 Å². The Kier molecular flexibility index (Phi) is 4.06. The molecule has 6 nitrogen and oxygen atoms in total. The maximum Gasteiger partial charge on any atom is 0.416 e. The zero-order valence-corrected chi connectivity index (χ0v) is 12.6. The van der Waals surface area contributed by atoms with E-state index in [1.165, 1.54) is 33.2 Å². The Labute approximate surface area is 129 Å². The van der Waals surface area contributed by atoms with E-state index in [4.69, 9.17) is 0 Å². The number of allylic oxidation sites excluding steroid dienone is 1. The Morgan fingerprint density at radius 2 is 1.78 bits per heavy atom. The van der Waals surface area contributed by atoms with Gasteiger partial charge in [-0.3, -0.25) is 15.0 Å². The van der Waals surface area contributed by atoms with Crippen LogP contribution in [-0.2, 0) is 6.18 Å². The van der Waals surface area contributed by atoms with Crippen molar-refractivity contribution in [2.45, 2.75) is 19.1 Å². The molecule has 1 atom stereocenters. The lowest BCUT2D eigenvalue weighted by atomic mass is 9.94. The van der Waals surface area contributed by atoms with Crippen LogP contribution >= 0.6 is 0 Å². The first-order valence-electron chi connectivity index (χ1n) is 6.59. The van der Waals surface area contributed by atoms with Crippen LogP contribution in [0.4, 0.5) is 18.0 Å². The molecule has 0 fully saturated rings. The third-order valence-electron chi connectivity index (χ3n) is 3.87. The predicted molar refractivity (Wildman–Crippen MR) is 74.8 cm³/mol. The zero-order valence-electron chi connectivity index (χ0n) is 12.6. The van der Waals surface area contributed by atoms with Crippen molar-refractivity contribution in [2.24, 2.45) is 0 Å². The fourth-order valence-electron chi connectivity index (χ4n) is 2.63. The summed E-state index contributed by atoms with van der Waals surface area (Å²) in [4.78, 5) is 24.8. The third kappa shape index (κ3) is 2.73. The second kappa shape index (κ2) is 5.56. The highest BCUT2D eigenvalue weighted by Crippen LogP contribution is 2.41. The number of alkyl halides is 3. The van der Waals surface area contributed by atoms with Crippen molar-refractivity contribution in [1.29, 1.82) is 0 Å². The van der Waals surface area contributed by atoms with Gasteiger partial charge in [-0.1, -0.05) is 18.2 Å². The minimum absolute atomic E-state index is 0.0140. The van der Waals surface area contributed by atoms with Crippen molar-refractivity contribution >= 4 is 6.03 Å². The van der Waals surface area contributed by atoms with E-state index in [0.717, 1.165) is 21.9 Å². The van der Waals surface area contributed by atoms with Gasteiger partial charge in [0.1, 0.15) is 0 Å². The van der Waals surface area contributed by atoms with Crippen molar-refractivity contribution in [2.75, 3.05) is 14.1 Å². The fraction of sp³-hybridized carbons (Fsp3) is 0.357. The van der Waals surface area contributed by atoms with Crippen LogP contribution in [0.3, 0.4) is 0 Å². The molecule has 2 rings (SSSR count). The molecule has 124 valence electrons. The van der Waals surface area contributed by atoms with Crippen molar-refractivity contribution in [3.8, 4) is 0 Å². The molecule has 9 heteroatoms. The van der Waals surface area contributed by atoms with E-state index in [-0.39, 0.29) is 11.3 Å². The predicted octanol–water partition coefficient (Wildman–Crippen LogP) is 3.25. The minimum atomic E-state index is -4.68. The summed E-state index contributed by atoms with van der Waals surface area (Å²) in [5, 5.41) is 11.4. The largest absolute Gasteiger partial charge is 0.416 e. The number of hydrogen-bond donors (Lipinski definition) is 0. The number of nitro groups is 1. The molecule has 2 amide bonds. The van der Waals surface area contributed by atoms with Crippen LogP contribution in [-0.4, -0.2) is 34.8 Å². The second-order valence-electron chi connectivity index (χ2n) is 5.17. The number of carbonyl (C=O) groups is 1. The Morgan fingerprint density at radius 3 is 2.30 bits per heavy atom. The highest BCUT2D eigenvalue weighted by Gasteiger charge is 2.46. The van der Waals surface area contributed by atoms with E-state index in [9.17, 15) is 28.1 Å². The average Bonchev–Trinajstić information content (AvgIpc) is 2.47. The summed E-state index contributed by atoms with van der Waals surface area (Å²) in [7, 11) is 2.58. The first-order chi connectivity index (χ1) is 10.6. The van der Waals surface area contributed by atoms with Gasteiger partial charge in [0.2, 0.25) is 0 Å². The van der Waals surface area contributed by atoms with Crippen LogP contribution in [0.25, 0.3) is 0 Å². The topological polar surface area (TPSA) is 66.7 Å². The first kappa shape index (κ1) is 16.8. The number of benzene rings is 1. The molecule has 0 radical (unpaired) electrons. The molecule has 0 saturated carbocycles. The van der Waals surface area contributed by atoms with Crippen molar-refractivity contribution in [3.05, 3.63) is 56.9 Å².